The van der Waals surface area contributed by atoms with Gasteiger partial charge < -0.3 is 20.6 Å². The van der Waals surface area contributed by atoms with Gasteiger partial charge in [0.2, 0.25) is 5.91 Å². The summed E-state index contributed by atoms with van der Waals surface area (Å²) in [7, 11) is 0. The van der Waals surface area contributed by atoms with Gasteiger partial charge in [0.15, 0.2) is 5.96 Å². The number of hydrogen-bond donors (Lipinski definition) is 3. The third-order valence-electron chi connectivity index (χ3n) is 6.82. The van der Waals surface area contributed by atoms with Crippen molar-refractivity contribution in [3.63, 3.8) is 0 Å². The second-order valence-electron chi connectivity index (χ2n) is 9.09. The molecule has 0 atom stereocenters. The van der Waals surface area contributed by atoms with Crippen LogP contribution < -0.4 is 10.6 Å². The lowest BCUT2D eigenvalue weighted by Gasteiger charge is -2.35. The third-order valence-corrected chi connectivity index (χ3v) is 6.82. The highest BCUT2D eigenvalue weighted by molar-refractivity contribution is 5.80. The van der Waals surface area contributed by atoms with Crippen molar-refractivity contribution < 1.29 is 9.90 Å². The summed E-state index contributed by atoms with van der Waals surface area (Å²) in [6.07, 6.45) is 9.23. The molecular formula is C25H40N4O2. The lowest BCUT2D eigenvalue weighted by molar-refractivity contribution is -0.132. The third kappa shape index (κ3) is 6.96. The first kappa shape index (κ1) is 23.6. The van der Waals surface area contributed by atoms with E-state index in [4.69, 9.17) is 4.99 Å². The summed E-state index contributed by atoms with van der Waals surface area (Å²) in [5.74, 6) is 1.06. The number of carbonyl (C=O) groups excluding carboxylic acids is 1. The van der Waals surface area contributed by atoms with Gasteiger partial charge in [-0.05, 0) is 55.6 Å². The molecule has 0 saturated heterocycles. The molecule has 3 rings (SSSR count). The number of aliphatic imine (C=N–C) groups is 1. The molecule has 31 heavy (non-hydrogen) atoms. The zero-order chi connectivity index (χ0) is 21.9. The first-order chi connectivity index (χ1) is 15.2. The van der Waals surface area contributed by atoms with Crippen molar-refractivity contribution in [2.24, 2.45) is 10.4 Å². The van der Waals surface area contributed by atoms with Gasteiger partial charge in [0.05, 0.1) is 0 Å². The first-order valence-electron chi connectivity index (χ1n) is 12.1. The summed E-state index contributed by atoms with van der Waals surface area (Å²) in [5, 5.41) is 16.2. The molecule has 1 aromatic rings. The van der Waals surface area contributed by atoms with Crippen molar-refractivity contribution in [1.82, 2.24) is 15.5 Å². The Morgan fingerprint density at radius 2 is 1.94 bits per heavy atom. The molecule has 0 spiro atoms. The quantitative estimate of drug-likeness (QED) is 0.321. The molecule has 0 aromatic heterocycles. The predicted molar refractivity (Wildman–Crippen MR) is 126 cm³/mol. The summed E-state index contributed by atoms with van der Waals surface area (Å²) < 4.78 is 0. The van der Waals surface area contributed by atoms with Crippen LogP contribution >= 0.6 is 0 Å². The van der Waals surface area contributed by atoms with Crippen LogP contribution in [0, 0.1) is 5.41 Å². The number of rotatable bonds is 9. The van der Waals surface area contributed by atoms with Crippen molar-refractivity contribution in [1.29, 1.82) is 0 Å². The summed E-state index contributed by atoms with van der Waals surface area (Å²) in [6, 6.07) is 8.42. The molecule has 1 heterocycles. The largest absolute Gasteiger partial charge is 0.396 e. The minimum Gasteiger partial charge on any atom is -0.396 e. The summed E-state index contributed by atoms with van der Waals surface area (Å²) in [5.41, 5.74) is 2.80. The molecule has 0 bridgehead atoms. The van der Waals surface area contributed by atoms with E-state index in [1.165, 1.54) is 30.4 Å². The van der Waals surface area contributed by atoms with Crippen molar-refractivity contribution in [2.45, 2.75) is 71.3 Å². The Labute approximate surface area is 187 Å². The molecular weight excluding hydrogens is 388 g/mol. The molecule has 2 aliphatic rings. The van der Waals surface area contributed by atoms with Crippen LogP contribution in [0.1, 0.15) is 69.4 Å². The Bertz CT molecular complexity index is 722. The maximum atomic E-state index is 12.7. The zero-order valence-electron chi connectivity index (χ0n) is 19.2. The number of aliphatic hydroxyl groups is 1. The number of fused-ring (bicyclic) bond motifs is 1. The van der Waals surface area contributed by atoms with Gasteiger partial charge in [-0.1, -0.05) is 43.5 Å². The fraction of sp³-hybridized carbons (Fsp3) is 0.680. The molecule has 1 fully saturated rings. The molecule has 3 N–H and O–H groups in total. The van der Waals surface area contributed by atoms with Crippen LogP contribution in [0.5, 0.6) is 0 Å². The molecule has 172 valence electrons. The Balaban J connectivity index is 1.44. The monoisotopic (exact) mass is 428 g/mol. The Kier molecular flexibility index (Phi) is 9.19. The Hall–Kier alpha value is -2.08. The molecule has 6 nitrogen and oxygen atoms in total. The molecule has 1 aliphatic carbocycles. The number of benzene rings is 1. The second-order valence-corrected chi connectivity index (χ2v) is 9.09. The van der Waals surface area contributed by atoms with Crippen molar-refractivity contribution in [3.8, 4) is 0 Å². The lowest BCUT2D eigenvalue weighted by Crippen LogP contribution is -2.40. The van der Waals surface area contributed by atoms with E-state index >= 15 is 0 Å². The molecule has 1 aliphatic heterocycles. The van der Waals surface area contributed by atoms with Crippen LogP contribution in [-0.4, -0.2) is 54.7 Å². The number of nitrogens with zero attached hydrogens (tertiary/aromatic N) is 2. The van der Waals surface area contributed by atoms with Gasteiger partial charge >= 0.3 is 0 Å². The van der Waals surface area contributed by atoms with E-state index in [1.807, 2.05) is 4.90 Å². The number of nitrogens with one attached hydrogen (secondary N) is 2. The highest BCUT2D eigenvalue weighted by Gasteiger charge is 2.31. The van der Waals surface area contributed by atoms with Crippen LogP contribution in [0.2, 0.25) is 0 Å². The van der Waals surface area contributed by atoms with Crippen LogP contribution in [0.15, 0.2) is 29.3 Å². The molecule has 1 saturated carbocycles. The number of guanidine groups is 1. The lowest BCUT2D eigenvalue weighted by atomic mass is 9.72. The van der Waals surface area contributed by atoms with E-state index in [2.05, 4.69) is 41.8 Å². The summed E-state index contributed by atoms with van der Waals surface area (Å²) >= 11 is 0. The van der Waals surface area contributed by atoms with E-state index in [0.717, 1.165) is 70.8 Å². The van der Waals surface area contributed by atoms with Crippen LogP contribution in [-0.2, 0) is 17.8 Å². The van der Waals surface area contributed by atoms with E-state index < -0.39 is 0 Å². The highest BCUT2D eigenvalue weighted by atomic mass is 16.3. The normalized spacial score (nSPS) is 18.4. The van der Waals surface area contributed by atoms with Crippen molar-refractivity contribution in [3.05, 3.63) is 35.4 Å². The number of amides is 1. The van der Waals surface area contributed by atoms with Crippen LogP contribution in [0.25, 0.3) is 0 Å². The highest BCUT2D eigenvalue weighted by Crippen LogP contribution is 2.39. The van der Waals surface area contributed by atoms with Gasteiger partial charge in [-0.2, -0.15) is 0 Å². The van der Waals surface area contributed by atoms with Crippen molar-refractivity contribution in [2.75, 3.05) is 32.8 Å². The fourth-order valence-corrected chi connectivity index (χ4v) is 4.93. The second kappa shape index (κ2) is 12.1. The van der Waals surface area contributed by atoms with E-state index in [0.29, 0.717) is 6.42 Å². The maximum Gasteiger partial charge on any atom is 0.222 e. The number of carbonyl (C=O) groups is 1. The van der Waals surface area contributed by atoms with Crippen LogP contribution in [0.3, 0.4) is 0 Å². The molecule has 1 amide bonds. The Morgan fingerprint density at radius 1 is 1.16 bits per heavy atom. The van der Waals surface area contributed by atoms with Gasteiger partial charge in [0.1, 0.15) is 0 Å². The van der Waals surface area contributed by atoms with E-state index in [-0.39, 0.29) is 17.9 Å². The van der Waals surface area contributed by atoms with E-state index in [1.54, 1.807) is 0 Å². The van der Waals surface area contributed by atoms with E-state index in [9.17, 15) is 9.90 Å². The number of aliphatic hydroxyl groups excluding tert-OH is 1. The van der Waals surface area contributed by atoms with Crippen molar-refractivity contribution >= 4 is 11.9 Å². The SMILES string of the molecule is CCNC(=NCC1(CCO)CCCCC1)NCCCC(=O)N1CCc2ccccc2C1. The minimum absolute atomic E-state index is 0.149. The van der Waals surface area contributed by atoms with Crippen LogP contribution in [0.4, 0.5) is 0 Å². The maximum absolute atomic E-state index is 12.7. The smallest absolute Gasteiger partial charge is 0.222 e. The topological polar surface area (TPSA) is 77.0 Å². The number of hydrogen-bond acceptors (Lipinski definition) is 3. The molecule has 0 unspecified atom stereocenters. The fourth-order valence-electron chi connectivity index (χ4n) is 4.93. The minimum atomic E-state index is 0.149. The van der Waals surface area contributed by atoms with Gasteiger partial charge in [-0.25, -0.2) is 0 Å². The van der Waals surface area contributed by atoms with Gasteiger partial charge in [0.25, 0.3) is 0 Å². The van der Waals surface area contributed by atoms with Gasteiger partial charge in [-0.3, -0.25) is 9.79 Å². The summed E-state index contributed by atoms with van der Waals surface area (Å²) in [6.45, 7) is 6.16. The van der Waals surface area contributed by atoms with Gasteiger partial charge in [-0.15, -0.1) is 0 Å². The predicted octanol–water partition coefficient (Wildman–Crippen LogP) is 3.24. The first-order valence-corrected chi connectivity index (χ1v) is 12.1. The summed E-state index contributed by atoms with van der Waals surface area (Å²) in [4.78, 5) is 19.5. The molecule has 1 aromatic carbocycles. The molecule has 6 heteroatoms. The molecule has 0 radical (unpaired) electrons. The average molecular weight is 429 g/mol. The Morgan fingerprint density at radius 3 is 2.68 bits per heavy atom. The zero-order valence-corrected chi connectivity index (χ0v) is 19.2. The van der Waals surface area contributed by atoms with Gasteiger partial charge in [0, 0.05) is 45.8 Å². The average Bonchev–Trinajstić information content (AvgIpc) is 2.80. The standard InChI is InChI=1S/C25H40N4O2/c1-2-26-24(28-20-25(15-18-30)13-6-3-7-14-25)27-16-8-11-23(31)29-17-12-21-9-4-5-10-22(21)19-29/h4-5,9-10,30H,2-3,6-8,11-20H2,1H3,(H2,26,27,28).